The minimum atomic E-state index is -3.92. The van der Waals surface area contributed by atoms with Crippen LogP contribution >= 0.6 is 0 Å². The van der Waals surface area contributed by atoms with Gasteiger partial charge in [-0.25, -0.2) is 13.2 Å². The van der Waals surface area contributed by atoms with Crippen LogP contribution in [0.4, 0.5) is 4.79 Å². The number of carbonyl (C=O) groups excluding carboxylic acids is 1. The maximum atomic E-state index is 12.4. The van der Waals surface area contributed by atoms with Gasteiger partial charge in [-0.3, -0.25) is 9.69 Å². The molecule has 1 aliphatic rings. The Balaban J connectivity index is 2.38. The van der Waals surface area contributed by atoms with Crippen LogP contribution in [0.1, 0.15) is 6.42 Å². The van der Waals surface area contributed by atoms with Gasteiger partial charge < -0.3 is 9.84 Å². The molecule has 0 spiro atoms. The average molecular weight is 299 g/mol. The summed E-state index contributed by atoms with van der Waals surface area (Å²) in [5.74, 6) is 0.0797. The molecule has 1 fully saturated rings. The van der Waals surface area contributed by atoms with Crippen molar-refractivity contribution in [3.8, 4) is 5.75 Å². The van der Waals surface area contributed by atoms with E-state index < -0.39 is 33.6 Å². The molecule has 108 valence electrons. The van der Waals surface area contributed by atoms with Crippen molar-refractivity contribution in [2.45, 2.75) is 16.7 Å². The number of ketones is 1. The topological polar surface area (TPSA) is 101 Å². The molecule has 0 aliphatic carbocycles. The number of hydrogen-bond acceptors (Lipinski definition) is 5. The Morgan fingerprint density at radius 1 is 1.35 bits per heavy atom. The summed E-state index contributed by atoms with van der Waals surface area (Å²) in [5.41, 5.74) is 0. The highest BCUT2D eigenvalue weighted by Gasteiger charge is 2.43. The van der Waals surface area contributed by atoms with Crippen molar-refractivity contribution in [3.63, 3.8) is 0 Å². The number of carboxylic acid groups (broad SMARTS) is 1. The van der Waals surface area contributed by atoms with E-state index in [2.05, 4.69) is 0 Å². The molecule has 1 aliphatic heterocycles. The van der Waals surface area contributed by atoms with Crippen LogP contribution in [0.15, 0.2) is 29.2 Å². The molecule has 1 aromatic carbocycles. The molecule has 20 heavy (non-hydrogen) atoms. The molecule has 0 aromatic heterocycles. The third-order valence-corrected chi connectivity index (χ3v) is 5.16. The van der Waals surface area contributed by atoms with Crippen LogP contribution in [0.2, 0.25) is 0 Å². The van der Waals surface area contributed by atoms with E-state index in [4.69, 9.17) is 9.84 Å². The molecule has 2 rings (SSSR count). The summed E-state index contributed by atoms with van der Waals surface area (Å²) >= 11 is 0. The van der Waals surface area contributed by atoms with Crippen molar-refractivity contribution in [1.29, 1.82) is 0 Å². The van der Waals surface area contributed by atoms with Crippen molar-refractivity contribution in [2.75, 3.05) is 13.7 Å². The molecule has 0 bridgehead atoms. The summed E-state index contributed by atoms with van der Waals surface area (Å²) in [6.45, 7) is -0.393. The van der Waals surface area contributed by atoms with E-state index >= 15 is 0 Å². The van der Waals surface area contributed by atoms with Crippen LogP contribution in [0.25, 0.3) is 0 Å². The number of nitrogens with zero attached hydrogens (tertiary/aromatic N) is 1. The second kappa shape index (κ2) is 5.12. The van der Waals surface area contributed by atoms with E-state index in [1.165, 1.54) is 31.4 Å². The van der Waals surface area contributed by atoms with Gasteiger partial charge in [0, 0.05) is 6.42 Å². The van der Waals surface area contributed by atoms with Gasteiger partial charge in [-0.15, -0.1) is 0 Å². The molecular formula is C12H13NO6S. The summed E-state index contributed by atoms with van der Waals surface area (Å²) in [4.78, 5) is 23.0. The Morgan fingerprint density at radius 2 is 1.95 bits per heavy atom. The maximum absolute atomic E-state index is 12.4. The predicted molar refractivity (Wildman–Crippen MR) is 68.3 cm³/mol. The number of rotatable bonds is 3. The summed E-state index contributed by atoms with van der Waals surface area (Å²) in [5, 5.41) is 7.62. The molecule has 7 nitrogen and oxygen atoms in total. The fourth-order valence-electron chi connectivity index (χ4n) is 2.05. The van der Waals surface area contributed by atoms with Gasteiger partial charge in [0.2, 0.25) is 0 Å². The van der Waals surface area contributed by atoms with Crippen LogP contribution in [-0.2, 0) is 14.6 Å². The largest absolute Gasteiger partial charge is 0.497 e. The van der Waals surface area contributed by atoms with Crippen LogP contribution < -0.4 is 4.74 Å². The highest BCUT2D eigenvalue weighted by Crippen LogP contribution is 2.27. The lowest BCUT2D eigenvalue weighted by atomic mass is 10.3. The summed E-state index contributed by atoms with van der Waals surface area (Å²) < 4.78 is 29.7. The van der Waals surface area contributed by atoms with E-state index in [0.717, 1.165) is 0 Å². The molecule has 1 amide bonds. The van der Waals surface area contributed by atoms with Gasteiger partial charge in [-0.2, -0.15) is 0 Å². The number of benzene rings is 1. The van der Waals surface area contributed by atoms with Crippen LogP contribution in [0, 0.1) is 0 Å². The number of hydrogen-bond donors (Lipinski definition) is 1. The van der Waals surface area contributed by atoms with Crippen molar-refractivity contribution in [1.82, 2.24) is 4.90 Å². The smallest absolute Gasteiger partial charge is 0.408 e. The van der Waals surface area contributed by atoms with Gasteiger partial charge in [-0.05, 0) is 24.3 Å². The molecular weight excluding hydrogens is 286 g/mol. The van der Waals surface area contributed by atoms with Gasteiger partial charge in [0.1, 0.15) is 11.1 Å². The molecule has 1 heterocycles. The Bertz CT molecular complexity index is 636. The average Bonchev–Trinajstić information content (AvgIpc) is 2.82. The van der Waals surface area contributed by atoms with Crippen molar-refractivity contribution >= 4 is 21.7 Å². The highest BCUT2D eigenvalue weighted by atomic mass is 32.2. The number of Topliss-reactive ketones (excluding diaryl/α,β-unsaturated/α-hetero) is 1. The quantitative estimate of drug-likeness (QED) is 0.883. The molecule has 1 atom stereocenters. The first-order valence-corrected chi connectivity index (χ1v) is 7.30. The second-order valence-corrected chi connectivity index (χ2v) is 6.43. The third kappa shape index (κ3) is 2.46. The standard InChI is InChI=1S/C12H13NO6S/c1-19-9-2-4-10(5-3-9)20(17,18)11-6-8(14)7-13(11)12(15)16/h2-5,11H,6-7H2,1H3,(H,15,16)/t11-/m1/s1. The van der Waals surface area contributed by atoms with E-state index in [1.54, 1.807) is 0 Å². The molecule has 0 saturated carbocycles. The zero-order valence-electron chi connectivity index (χ0n) is 10.6. The molecule has 0 radical (unpaired) electrons. The van der Waals surface area contributed by atoms with Gasteiger partial charge in [0.05, 0.1) is 18.6 Å². The van der Waals surface area contributed by atoms with Gasteiger partial charge in [0.25, 0.3) is 0 Å². The molecule has 1 N–H and O–H groups in total. The zero-order chi connectivity index (χ0) is 14.9. The molecule has 1 aromatic rings. The third-order valence-electron chi connectivity index (χ3n) is 3.09. The normalized spacial score (nSPS) is 19.1. The van der Waals surface area contributed by atoms with E-state index in [0.29, 0.717) is 10.6 Å². The minimum absolute atomic E-state index is 0.0377. The fraction of sp³-hybridized carbons (Fsp3) is 0.333. The Kier molecular flexibility index (Phi) is 3.67. The monoisotopic (exact) mass is 299 g/mol. The number of sulfone groups is 1. The second-order valence-electron chi connectivity index (χ2n) is 4.33. The predicted octanol–water partition coefficient (Wildman–Crippen LogP) is 0.748. The summed E-state index contributed by atoms with van der Waals surface area (Å²) in [6.07, 6.45) is -1.74. The number of likely N-dealkylation sites (tertiary alicyclic amines) is 1. The highest BCUT2D eigenvalue weighted by molar-refractivity contribution is 7.92. The first-order chi connectivity index (χ1) is 9.36. The number of methoxy groups -OCH3 is 1. The Morgan fingerprint density at radius 3 is 2.45 bits per heavy atom. The summed E-state index contributed by atoms with van der Waals surface area (Å²) in [7, 11) is -2.47. The first-order valence-electron chi connectivity index (χ1n) is 5.75. The molecule has 8 heteroatoms. The maximum Gasteiger partial charge on any atom is 0.408 e. The van der Waals surface area contributed by atoms with E-state index in [-0.39, 0.29) is 11.3 Å². The van der Waals surface area contributed by atoms with Gasteiger partial charge >= 0.3 is 6.09 Å². The van der Waals surface area contributed by atoms with Crippen molar-refractivity contribution < 1.29 is 27.9 Å². The summed E-state index contributed by atoms with van der Waals surface area (Å²) in [6, 6.07) is 5.59. The number of amides is 1. The van der Waals surface area contributed by atoms with Gasteiger partial charge in [0.15, 0.2) is 15.6 Å². The van der Waals surface area contributed by atoms with Gasteiger partial charge in [-0.1, -0.05) is 0 Å². The lowest BCUT2D eigenvalue weighted by Gasteiger charge is -2.20. The first kappa shape index (κ1) is 14.3. The lowest BCUT2D eigenvalue weighted by molar-refractivity contribution is -0.116. The Labute approximate surface area is 115 Å². The Hall–Kier alpha value is -2.09. The van der Waals surface area contributed by atoms with Crippen molar-refractivity contribution in [2.24, 2.45) is 0 Å². The van der Waals surface area contributed by atoms with E-state index in [9.17, 15) is 18.0 Å². The van der Waals surface area contributed by atoms with Crippen molar-refractivity contribution in [3.05, 3.63) is 24.3 Å². The molecule has 1 saturated heterocycles. The van der Waals surface area contributed by atoms with Crippen LogP contribution in [-0.4, -0.2) is 49.3 Å². The molecule has 0 unspecified atom stereocenters. The number of ether oxygens (including phenoxy) is 1. The zero-order valence-corrected chi connectivity index (χ0v) is 11.5. The van der Waals surface area contributed by atoms with Crippen LogP contribution in [0.3, 0.4) is 0 Å². The lowest BCUT2D eigenvalue weighted by Crippen LogP contribution is -2.39. The number of carbonyl (C=O) groups is 2. The van der Waals surface area contributed by atoms with Crippen LogP contribution in [0.5, 0.6) is 5.75 Å². The van der Waals surface area contributed by atoms with E-state index in [1.807, 2.05) is 0 Å². The fourth-order valence-corrected chi connectivity index (χ4v) is 3.79. The minimum Gasteiger partial charge on any atom is -0.497 e. The SMILES string of the molecule is COc1ccc(S(=O)(=O)[C@@H]2CC(=O)CN2C(=O)O)cc1.